The predicted octanol–water partition coefficient (Wildman–Crippen LogP) is 4.23. The van der Waals surface area contributed by atoms with Crippen LogP contribution in [0.4, 0.5) is 10.8 Å². The predicted molar refractivity (Wildman–Crippen MR) is 100 cm³/mol. The van der Waals surface area contributed by atoms with Gasteiger partial charge in [-0.05, 0) is 35.9 Å². The molecule has 0 fully saturated rings. The van der Waals surface area contributed by atoms with E-state index < -0.39 is 0 Å². The van der Waals surface area contributed by atoms with E-state index in [0.717, 1.165) is 5.56 Å². The third-order valence-electron chi connectivity index (χ3n) is 3.39. The van der Waals surface area contributed by atoms with Crippen LogP contribution in [0.1, 0.15) is 15.9 Å². The quantitative estimate of drug-likeness (QED) is 0.705. The fourth-order valence-electron chi connectivity index (χ4n) is 2.18. The number of carbonyl (C=O) groups excluding carboxylic acids is 2. The minimum absolute atomic E-state index is 0.173. The van der Waals surface area contributed by atoms with E-state index in [1.165, 1.54) is 11.3 Å². The van der Waals surface area contributed by atoms with Crippen molar-refractivity contribution in [1.29, 1.82) is 0 Å². The standard InChI is InChI=1S/C18H14ClN3O2S/c19-15-4-2-1-3-13(15)11-16(23)21-14-7-5-12(6-8-14)17(24)22-18-20-9-10-25-18/h1-10H,11H2,(H,21,23)(H,20,22,24). The number of amides is 2. The molecule has 3 rings (SSSR count). The molecule has 0 radical (unpaired) electrons. The van der Waals surface area contributed by atoms with Gasteiger partial charge in [0.1, 0.15) is 0 Å². The summed E-state index contributed by atoms with van der Waals surface area (Å²) in [6, 6.07) is 13.9. The van der Waals surface area contributed by atoms with Crippen molar-refractivity contribution in [2.75, 3.05) is 10.6 Å². The van der Waals surface area contributed by atoms with Gasteiger partial charge in [0.25, 0.3) is 5.91 Å². The molecule has 0 atom stereocenters. The summed E-state index contributed by atoms with van der Waals surface area (Å²) in [6.45, 7) is 0. The summed E-state index contributed by atoms with van der Waals surface area (Å²) in [4.78, 5) is 28.2. The monoisotopic (exact) mass is 371 g/mol. The Morgan fingerprint density at radius 2 is 1.80 bits per heavy atom. The summed E-state index contributed by atoms with van der Waals surface area (Å²) in [5, 5.41) is 8.38. The maximum absolute atomic E-state index is 12.1. The molecule has 0 bridgehead atoms. The Balaban J connectivity index is 1.59. The van der Waals surface area contributed by atoms with Crippen LogP contribution >= 0.6 is 22.9 Å². The minimum Gasteiger partial charge on any atom is -0.326 e. The maximum Gasteiger partial charge on any atom is 0.257 e. The highest BCUT2D eigenvalue weighted by Gasteiger charge is 2.09. The molecule has 0 aliphatic rings. The molecule has 1 heterocycles. The molecule has 7 heteroatoms. The first-order chi connectivity index (χ1) is 12.1. The topological polar surface area (TPSA) is 71.1 Å². The van der Waals surface area contributed by atoms with Crippen molar-refractivity contribution in [3.63, 3.8) is 0 Å². The van der Waals surface area contributed by atoms with E-state index in [1.54, 1.807) is 41.9 Å². The van der Waals surface area contributed by atoms with Gasteiger partial charge in [0.2, 0.25) is 5.91 Å². The van der Waals surface area contributed by atoms with Crippen LogP contribution in [-0.2, 0) is 11.2 Å². The number of aromatic nitrogens is 1. The summed E-state index contributed by atoms with van der Waals surface area (Å²) in [5.74, 6) is -0.419. The number of thiazole rings is 1. The number of anilines is 2. The van der Waals surface area contributed by atoms with Gasteiger partial charge in [0, 0.05) is 27.9 Å². The molecular formula is C18H14ClN3O2S. The van der Waals surface area contributed by atoms with Crippen LogP contribution in [0, 0.1) is 0 Å². The van der Waals surface area contributed by atoms with Gasteiger partial charge < -0.3 is 5.32 Å². The van der Waals surface area contributed by atoms with Gasteiger partial charge >= 0.3 is 0 Å². The van der Waals surface area contributed by atoms with E-state index in [0.29, 0.717) is 21.4 Å². The normalized spacial score (nSPS) is 10.3. The van der Waals surface area contributed by atoms with Crippen molar-refractivity contribution in [3.05, 3.63) is 76.3 Å². The van der Waals surface area contributed by atoms with E-state index in [2.05, 4.69) is 15.6 Å². The lowest BCUT2D eigenvalue weighted by Crippen LogP contribution is -2.15. The van der Waals surface area contributed by atoms with Gasteiger partial charge in [-0.15, -0.1) is 11.3 Å². The highest BCUT2D eigenvalue weighted by molar-refractivity contribution is 7.13. The number of benzene rings is 2. The molecule has 2 aromatic carbocycles. The molecule has 2 amide bonds. The molecule has 0 saturated heterocycles. The Hall–Kier alpha value is -2.70. The van der Waals surface area contributed by atoms with Crippen molar-refractivity contribution in [1.82, 2.24) is 4.98 Å². The maximum atomic E-state index is 12.1. The largest absolute Gasteiger partial charge is 0.326 e. The first-order valence-corrected chi connectivity index (χ1v) is 8.72. The summed E-state index contributed by atoms with van der Waals surface area (Å²) in [7, 11) is 0. The van der Waals surface area contributed by atoms with Crippen LogP contribution in [0.2, 0.25) is 5.02 Å². The second kappa shape index (κ2) is 7.92. The average molecular weight is 372 g/mol. The number of hydrogen-bond acceptors (Lipinski definition) is 4. The third kappa shape index (κ3) is 4.65. The van der Waals surface area contributed by atoms with Gasteiger partial charge in [-0.3, -0.25) is 14.9 Å². The molecule has 1 aromatic heterocycles. The van der Waals surface area contributed by atoms with Gasteiger partial charge in [-0.25, -0.2) is 4.98 Å². The van der Waals surface area contributed by atoms with Crippen molar-refractivity contribution in [3.8, 4) is 0 Å². The summed E-state index contributed by atoms with van der Waals surface area (Å²) < 4.78 is 0. The lowest BCUT2D eigenvalue weighted by molar-refractivity contribution is -0.115. The Morgan fingerprint density at radius 3 is 2.48 bits per heavy atom. The number of halogens is 1. The minimum atomic E-state index is -0.246. The van der Waals surface area contributed by atoms with Crippen LogP contribution in [0.3, 0.4) is 0 Å². The molecule has 5 nitrogen and oxygen atoms in total. The Labute approximate surface area is 153 Å². The van der Waals surface area contributed by atoms with E-state index in [1.807, 2.05) is 18.2 Å². The second-order valence-electron chi connectivity index (χ2n) is 5.19. The smallest absolute Gasteiger partial charge is 0.257 e. The average Bonchev–Trinajstić information content (AvgIpc) is 3.10. The fraction of sp³-hybridized carbons (Fsp3) is 0.0556. The molecule has 0 unspecified atom stereocenters. The number of nitrogens with one attached hydrogen (secondary N) is 2. The molecule has 0 aliphatic heterocycles. The first kappa shape index (κ1) is 17.1. The molecule has 0 spiro atoms. The molecule has 3 aromatic rings. The molecule has 0 saturated carbocycles. The fourth-order valence-corrected chi connectivity index (χ4v) is 2.91. The van der Waals surface area contributed by atoms with Crippen molar-refractivity contribution in [2.45, 2.75) is 6.42 Å². The molecular weight excluding hydrogens is 358 g/mol. The summed E-state index contributed by atoms with van der Waals surface area (Å²) >= 11 is 7.41. The van der Waals surface area contributed by atoms with Gasteiger partial charge in [-0.1, -0.05) is 29.8 Å². The summed E-state index contributed by atoms with van der Waals surface area (Å²) in [6.07, 6.45) is 1.81. The zero-order valence-corrected chi connectivity index (χ0v) is 14.6. The van der Waals surface area contributed by atoms with E-state index in [9.17, 15) is 9.59 Å². The molecule has 0 aliphatic carbocycles. The van der Waals surface area contributed by atoms with Crippen molar-refractivity contribution >= 4 is 45.6 Å². The molecule has 25 heavy (non-hydrogen) atoms. The highest BCUT2D eigenvalue weighted by Crippen LogP contribution is 2.17. The zero-order chi connectivity index (χ0) is 17.6. The SMILES string of the molecule is O=C(Cc1ccccc1Cl)Nc1ccc(C(=O)Nc2nccs2)cc1. The number of rotatable bonds is 5. The van der Waals surface area contributed by atoms with Gasteiger partial charge in [0.15, 0.2) is 5.13 Å². The van der Waals surface area contributed by atoms with Gasteiger partial charge in [-0.2, -0.15) is 0 Å². The van der Waals surface area contributed by atoms with Crippen LogP contribution in [0.5, 0.6) is 0 Å². The van der Waals surface area contributed by atoms with Crippen LogP contribution in [0.15, 0.2) is 60.1 Å². The molecule has 126 valence electrons. The summed E-state index contributed by atoms with van der Waals surface area (Å²) in [5.41, 5.74) is 1.86. The number of carbonyl (C=O) groups is 2. The Bertz CT molecular complexity index is 880. The van der Waals surface area contributed by atoms with Crippen LogP contribution in [0.25, 0.3) is 0 Å². The van der Waals surface area contributed by atoms with Crippen molar-refractivity contribution < 1.29 is 9.59 Å². The van der Waals surface area contributed by atoms with E-state index in [-0.39, 0.29) is 18.2 Å². The highest BCUT2D eigenvalue weighted by atomic mass is 35.5. The lowest BCUT2D eigenvalue weighted by atomic mass is 10.1. The number of hydrogen-bond donors (Lipinski definition) is 2. The van der Waals surface area contributed by atoms with Crippen LogP contribution in [-0.4, -0.2) is 16.8 Å². The lowest BCUT2D eigenvalue weighted by Gasteiger charge is -2.07. The zero-order valence-electron chi connectivity index (χ0n) is 13.0. The first-order valence-electron chi connectivity index (χ1n) is 7.46. The van der Waals surface area contributed by atoms with Gasteiger partial charge in [0.05, 0.1) is 6.42 Å². The van der Waals surface area contributed by atoms with Crippen LogP contribution < -0.4 is 10.6 Å². The van der Waals surface area contributed by atoms with Crippen molar-refractivity contribution in [2.24, 2.45) is 0 Å². The third-order valence-corrected chi connectivity index (χ3v) is 4.45. The second-order valence-corrected chi connectivity index (χ2v) is 6.49. The Kier molecular flexibility index (Phi) is 5.42. The number of nitrogens with zero attached hydrogens (tertiary/aromatic N) is 1. The van der Waals surface area contributed by atoms with E-state index >= 15 is 0 Å². The van der Waals surface area contributed by atoms with E-state index in [4.69, 9.17) is 11.6 Å². The molecule has 2 N–H and O–H groups in total. The Morgan fingerprint density at radius 1 is 1.04 bits per heavy atom.